The molecule has 0 aliphatic heterocycles. The number of imidazole rings is 1. The molecule has 106 valence electrons. The molecular weight excluding hydrogens is 256 g/mol. The van der Waals surface area contributed by atoms with Crippen LogP contribution in [0.25, 0.3) is 0 Å². The van der Waals surface area contributed by atoms with E-state index < -0.39 is 0 Å². The Balaban J connectivity index is 1.69. The van der Waals surface area contributed by atoms with Crippen LogP contribution in [-0.4, -0.2) is 22.1 Å². The Labute approximate surface area is 117 Å². The minimum atomic E-state index is -0.0723. The van der Waals surface area contributed by atoms with Crippen molar-refractivity contribution >= 4 is 11.6 Å². The van der Waals surface area contributed by atoms with Crippen molar-refractivity contribution in [1.29, 1.82) is 0 Å². The molecule has 0 bridgehead atoms. The Bertz CT molecular complexity index is 580. The van der Waals surface area contributed by atoms with E-state index in [1.807, 2.05) is 29.9 Å². The van der Waals surface area contributed by atoms with Crippen LogP contribution in [0.2, 0.25) is 0 Å². The topological polar surface area (TPSA) is 82.2 Å². The lowest BCUT2D eigenvalue weighted by Gasteiger charge is -2.07. The number of carbonyl (C=O) groups excluding carboxylic acids is 1. The molecule has 6 nitrogen and oxygen atoms in total. The lowest BCUT2D eigenvalue weighted by atomic mass is 10.3. The molecular formula is C14H18N4O2. The Kier molecular flexibility index (Phi) is 4.60. The second-order valence-electron chi connectivity index (χ2n) is 4.40. The van der Waals surface area contributed by atoms with E-state index in [1.54, 1.807) is 18.3 Å². The smallest absolute Gasteiger partial charge is 0.223 e. The number of carbonyl (C=O) groups is 1. The van der Waals surface area contributed by atoms with Crippen molar-refractivity contribution in [3.63, 3.8) is 0 Å². The number of rotatable bonds is 6. The highest BCUT2D eigenvalue weighted by molar-refractivity contribution is 5.75. The highest BCUT2D eigenvalue weighted by Crippen LogP contribution is 2.14. The lowest BCUT2D eigenvalue weighted by Crippen LogP contribution is -2.25. The van der Waals surface area contributed by atoms with Crippen molar-refractivity contribution in [3.05, 3.63) is 42.5 Å². The van der Waals surface area contributed by atoms with Gasteiger partial charge in [-0.2, -0.15) is 0 Å². The number of benzene rings is 1. The zero-order valence-corrected chi connectivity index (χ0v) is 11.4. The first-order chi connectivity index (χ1) is 9.65. The maximum Gasteiger partial charge on any atom is 0.223 e. The lowest BCUT2D eigenvalue weighted by molar-refractivity contribution is -0.121. The van der Waals surface area contributed by atoms with E-state index in [-0.39, 0.29) is 5.91 Å². The molecule has 0 unspecified atom stereocenters. The molecule has 0 spiro atoms. The van der Waals surface area contributed by atoms with Crippen molar-refractivity contribution < 1.29 is 9.53 Å². The van der Waals surface area contributed by atoms with Crippen LogP contribution in [0, 0.1) is 0 Å². The van der Waals surface area contributed by atoms with Gasteiger partial charge in [-0.05, 0) is 12.1 Å². The molecule has 0 radical (unpaired) electrons. The molecule has 2 aromatic rings. The Morgan fingerprint density at radius 2 is 2.35 bits per heavy atom. The van der Waals surface area contributed by atoms with Crippen LogP contribution < -0.4 is 15.8 Å². The largest absolute Gasteiger partial charge is 0.493 e. The fraction of sp³-hybridized carbons (Fsp3) is 0.286. The van der Waals surface area contributed by atoms with Gasteiger partial charge >= 0.3 is 0 Å². The molecule has 1 amide bonds. The number of amides is 1. The molecule has 0 aliphatic rings. The van der Waals surface area contributed by atoms with Crippen LogP contribution in [0.15, 0.2) is 36.7 Å². The first-order valence-corrected chi connectivity index (χ1v) is 6.36. The normalized spacial score (nSPS) is 10.2. The number of nitrogens with one attached hydrogen (secondary N) is 1. The predicted molar refractivity (Wildman–Crippen MR) is 76.0 cm³/mol. The third kappa shape index (κ3) is 4.01. The maximum absolute atomic E-state index is 11.7. The van der Waals surface area contributed by atoms with Gasteiger partial charge in [0.15, 0.2) is 0 Å². The summed E-state index contributed by atoms with van der Waals surface area (Å²) < 4.78 is 7.32. The predicted octanol–water partition coefficient (Wildman–Crippen LogP) is 1.09. The van der Waals surface area contributed by atoms with Crippen LogP contribution in [-0.2, 0) is 18.4 Å². The van der Waals surface area contributed by atoms with E-state index in [2.05, 4.69) is 10.3 Å². The van der Waals surface area contributed by atoms with Gasteiger partial charge in [0.1, 0.15) is 11.6 Å². The van der Waals surface area contributed by atoms with Gasteiger partial charge in [-0.25, -0.2) is 4.98 Å². The molecule has 2 rings (SSSR count). The van der Waals surface area contributed by atoms with E-state index >= 15 is 0 Å². The molecule has 3 N–H and O–H groups in total. The van der Waals surface area contributed by atoms with E-state index in [0.29, 0.717) is 31.0 Å². The SMILES string of the molecule is Cn1ccnc1CNC(=O)CCOc1cccc(N)c1. The number of nitrogens with zero attached hydrogens (tertiary/aromatic N) is 2. The summed E-state index contributed by atoms with van der Waals surface area (Å²) >= 11 is 0. The van der Waals surface area contributed by atoms with Crippen molar-refractivity contribution in [3.8, 4) is 5.75 Å². The van der Waals surface area contributed by atoms with Gasteiger partial charge in [-0.1, -0.05) is 6.07 Å². The van der Waals surface area contributed by atoms with Crippen LogP contribution in [0.3, 0.4) is 0 Å². The molecule has 6 heteroatoms. The number of hydrogen-bond donors (Lipinski definition) is 2. The number of aryl methyl sites for hydroxylation is 1. The Morgan fingerprint density at radius 1 is 1.50 bits per heavy atom. The van der Waals surface area contributed by atoms with Gasteiger partial charge in [-0.15, -0.1) is 0 Å². The van der Waals surface area contributed by atoms with Crippen LogP contribution in [0.4, 0.5) is 5.69 Å². The molecule has 0 saturated carbocycles. The minimum Gasteiger partial charge on any atom is -0.493 e. The van der Waals surface area contributed by atoms with Gasteiger partial charge in [0.25, 0.3) is 0 Å². The second kappa shape index (κ2) is 6.60. The first-order valence-electron chi connectivity index (χ1n) is 6.36. The second-order valence-corrected chi connectivity index (χ2v) is 4.40. The van der Waals surface area contributed by atoms with Crippen molar-refractivity contribution in [1.82, 2.24) is 14.9 Å². The van der Waals surface area contributed by atoms with Gasteiger partial charge < -0.3 is 20.4 Å². The molecule has 1 aromatic heterocycles. The summed E-state index contributed by atoms with van der Waals surface area (Å²) in [6.45, 7) is 0.733. The molecule has 20 heavy (non-hydrogen) atoms. The summed E-state index contributed by atoms with van der Waals surface area (Å²) in [5.74, 6) is 1.41. The highest BCUT2D eigenvalue weighted by atomic mass is 16.5. The molecule has 0 atom stereocenters. The third-order valence-corrected chi connectivity index (χ3v) is 2.82. The first kappa shape index (κ1) is 13.9. The summed E-state index contributed by atoms with van der Waals surface area (Å²) in [6.07, 6.45) is 3.83. The van der Waals surface area contributed by atoms with Crippen LogP contribution in [0.1, 0.15) is 12.2 Å². The minimum absolute atomic E-state index is 0.0723. The molecule has 1 heterocycles. The number of nitrogens with two attached hydrogens (primary N) is 1. The Hall–Kier alpha value is -2.50. The van der Waals surface area contributed by atoms with Gasteiger partial charge in [-0.3, -0.25) is 4.79 Å². The molecule has 0 fully saturated rings. The number of ether oxygens (including phenoxy) is 1. The molecule has 1 aromatic carbocycles. The van der Waals surface area contributed by atoms with Gasteiger partial charge in [0.2, 0.25) is 5.91 Å². The van der Waals surface area contributed by atoms with Gasteiger partial charge in [0.05, 0.1) is 19.6 Å². The number of nitrogen functional groups attached to an aromatic ring is 1. The quantitative estimate of drug-likeness (QED) is 0.772. The average Bonchev–Trinajstić information content (AvgIpc) is 2.82. The monoisotopic (exact) mass is 274 g/mol. The molecule has 0 saturated heterocycles. The Morgan fingerprint density at radius 3 is 3.05 bits per heavy atom. The standard InChI is InChI=1S/C14H18N4O2/c1-18-7-6-16-13(18)10-17-14(19)5-8-20-12-4-2-3-11(15)9-12/h2-4,6-7,9H,5,8,10,15H2,1H3,(H,17,19). The van der Waals surface area contributed by atoms with Crippen molar-refractivity contribution in [2.24, 2.45) is 7.05 Å². The van der Waals surface area contributed by atoms with Gasteiger partial charge in [0, 0.05) is 31.2 Å². The van der Waals surface area contributed by atoms with E-state index in [0.717, 1.165) is 5.82 Å². The summed E-state index contributed by atoms with van der Waals surface area (Å²) in [4.78, 5) is 15.8. The number of aromatic nitrogens is 2. The van der Waals surface area contributed by atoms with Crippen molar-refractivity contribution in [2.75, 3.05) is 12.3 Å². The van der Waals surface area contributed by atoms with Crippen molar-refractivity contribution in [2.45, 2.75) is 13.0 Å². The van der Waals surface area contributed by atoms with E-state index in [4.69, 9.17) is 10.5 Å². The highest BCUT2D eigenvalue weighted by Gasteiger charge is 2.04. The maximum atomic E-state index is 11.7. The summed E-state index contributed by atoms with van der Waals surface area (Å²) in [5.41, 5.74) is 6.28. The van der Waals surface area contributed by atoms with Crippen LogP contribution >= 0.6 is 0 Å². The molecule has 0 aliphatic carbocycles. The summed E-state index contributed by atoms with van der Waals surface area (Å²) in [6, 6.07) is 7.13. The van der Waals surface area contributed by atoms with E-state index in [1.165, 1.54) is 0 Å². The third-order valence-electron chi connectivity index (χ3n) is 2.82. The number of hydrogen-bond acceptors (Lipinski definition) is 4. The fourth-order valence-corrected chi connectivity index (χ4v) is 1.70. The van der Waals surface area contributed by atoms with E-state index in [9.17, 15) is 4.79 Å². The number of anilines is 1. The zero-order valence-electron chi connectivity index (χ0n) is 11.4. The summed E-state index contributed by atoms with van der Waals surface area (Å²) in [5, 5.41) is 2.80. The fourth-order valence-electron chi connectivity index (χ4n) is 1.70. The average molecular weight is 274 g/mol. The summed E-state index contributed by atoms with van der Waals surface area (Å²) in [7, 11) is 1.89. The zero-order chi connectivity index (χ0) is 14.4. The van der Waals surface area contributed by atoms with Crippen LogP contribution in [0.5, 0.6) is 5.75 Å².